The second-order valence-electron chi connectivity index (χ2n) is 5.10. The van der Waals surface area contributed by atoms with Gasteiger partial charge in [0, 0.05) is 29.6 Å². The Labute approximate surface area is 126 Å². The molecule has 0 saturated carbocycles. The first kappa shape index (κ1) is 15.6. The first-order valence-corrected chi connectivity index (χ1v) is 7.45. The minimum atomic E-state index is -0.547. The van der Waals surface area contributed by atoms with E-state index in [9.17, 15) is 5.11 Å². The van der Waals surface area contributed by atoms with Crippen LogP contribution in [0.1, 0.15) is 31.2 Å². The first-order chi connectivity index (χ1) is 10.2. The van der Waals surface area contributed by atoms with Crippen LogP contribution in [-0.4, -0.2) is 39.6 Å². The van der Waals surface area contributed by atoms with Gasteiger partial charge in [-0.2, -0.15) is 0 Å². The molecule has 0 amide bonds. The Morgan fingerprint density at radius 1 is 1.14 bits per heavy atom. The average Bonchev–Trinajstić information content (AvgIpc) is 2.53. The van der Waals surface area contributed by atoms with E-state index in [0.717, 1.165) is 29.9 Å². The summed E-state index contributed by atoms with van der Waals surface area (Å²) < 4.78 is 0. The van der Waals surface area contributed by atoms with Crippen LogP contribution in [0.15, 0.2) is 36.5 Å². The van der Waals surface area contributed by atoms with E-state index in [2.05, 4.69) is 28.7 Å². The molecule has 0 aliphatic rings. The van der Waals surface area contributed by atoms with E-state index in [1.165, 1.54) is 0 Å². The van der Waals surface area contributed by atoms with Crippen molar-refractivity contribution in [2.75, 3.05) is 19.6 Å². The molecule has 2 aromatic rings. The highest BCUT2D eigenvalue weighted by atomic mass is 16.3. The van der Waals surface area contributed by atoms with E-state index in [0.29, 0.717) is 12.4 Å². The quantitative estimate of drug-likeness (QED) is 0.886. The van der Waals surface area contributed by atoms with E-state index < -0.39 is 6.10 Å². The van der Waals surface area contributed by atoms with Crippen molar-refractivity contribution in [3.05, 3.63) is 47.8 Å². The van der Waals surface area contributed by atoms with E-state index in [4.69, 9.17) is 0 Å². The molecule has 1 aromatic heterocycles. The topological polar surface area (TPSA) is 49.2 Å². The lowest BCUT2D eigenvalue weighted by Crippen LogP contribution is -2.28. The third kappa shape index (κ3) is 3.86. The van der Waals surface area contributed by atoms with Crippen LogP contribution in [0.4, 0.5) is 0 Å². The second kappa shape index (κ2) is 7.29. The Bertz CT molecular complexity index is 568. The molecule has 0 bridgehead atoms. The summed E-state index contributed by atoms with van der Waals surface area (Å²) in [6.07, 6.45) is 1.20. The van der Waals surface area contributed by atoms with Gasteiger partial charge in [-0.3, -0.25) is 0 Å². The van der Waals surface area contributed by atoms with Gasteiger partial charge < -0.3 is 10.0 Å². The number of aliphatic hydroxyl groups is 1. The summed E-state index contributed by atoms with van der Waals surface area (Å²) in [5.74, 6) is 0.701. The zero-order valence-electron chi connectivity index (χ0n) is 13.0. The first-order valence-electron chi connectivity index (χ1n) is 7.45. The third-order valence-corrected chi connectivity index (χ3v) is 3.73. The third-order valence-electron chi connectivity index (χ3n) is 3.73. The summed E-state index contributed by atoms with van der Waals surface area (Å²) in [5, 5.41) is 10.4. The Balaban J connectivity index is 2.19. The summed E-state index contributed by atoms with van der Waals surface area (Å²) >= 11 is 0. The molecule has 2 rings (SSSR count). The van der Waals surface area contributed by atoms with Gasteiger partial charge >= 0.3 is 0 Å². The molecule has 1 heterocycles. The largest absolute Gasteiger partial charge is 0.387 e. The Hall–Kier alpha value is -1.78. The Kier molecular flexibility index (Phi) is 5.42. The van der Waals surface area contributed by atoms with Crippen LogP contribution in [0, 0.1) is 6.92 Å². The van der Waals surface area contributed by atoms with Crippen LogP contribution >= 0.6 is 0 Å². The maximum absolute atomic E-state index is 10.4. The number of hydrogen-bond donors (Lipinski definition) is 1. The predicted octanol–water partition coefficient (Wildman–Crippen LogP) is 2.83. The van der Waals surface area contributed by atoms with Gasteiger partial charge in [0.05, 0.1) is 6.10 Å². The van der Waals surface area contributed by atoms with Gasteiger partial charge in [0.2, 0.25) is 0 Å². The van der Waals surface area contributed by atoms with Crippen molar-refractivity contribution in [2.45, 2.75) is 26.9 Å². The predicted molar refractivity (Wildman–Crippen MR) is 85.0 cm³/mol. The van der Waals surface area contributed by atoms with Crippen LogP contribution in [-0.2, 0) is 0 Å². The molecule has 1 N–H and O–H groups in total. The van der Waals surface area contributed by atoms with Crippen molar-refractivity contribution >= 4 is 0 Å². The van der Waals surface area contributed by atoms with E-state index in [-0.39, 0.29) is 0 Å². The van der Waals surface area contributed by atoms with Crippen molar-refractivity contribution in [1.82, 2.24) is 14.9 Å². The summed E-state index contributed by atoms with van der Waals surface area (Å²) in [6, 6.07) is 9.88. The van der Waals surface area contributed by atoms with Gasteiger partial charge in [-0.15, -0.1) is 0 Å². The molecule has 0 fully saturated rings. The van der Waals surface area contributed by atoms with Gasteiger partial charge in [0.1, 0.15) is 0 Å². The van der Waals surface area contributed by atoms with E-state index in [1.807, 2.05) is 37.3 Å². The minimum Gasteiger partial charge on any atom is -0.387 e. The highest BCUT2D eigenvalue weighted by molar-refractivity contribution is 5.54. The van der Waals surface area contributed by atoms with E-state index >= 15 is 0 Å². The molecule has 112 valence electrons. The number of aliphatic hydroxyl groups excluding tert-OH is 1. The molecule has 4 heteroatoms. The molecule has 0 aliphatic heterocycles. The zero-order valence-corrected chi connectivity index (χ0v) is 13.0. The molecule has 0 radical (unpaired) electrons. The molecular weight excluding hydrogens is 262 g/mol. The molecule has 1 aromatic carbocycles. The van der Waals surface area contributed by atoms with Crippen molar-refractivity contribution in [3.63, 3.8) is 0 Å². The maximum atomic E-state index is 10.4. The van der Waals surface area contributed by atoms with Crippen LogP contribution in [0.2, 0.25) is 0 Å². The number of nitrogens with zero attached hydrogens (tertiary/aromatic N) is 3. The van der Waals surface area contributed by atoms with Gasteiger partial charge in [-0.05, 0) is 20.0 Å². The number of aromatic nitrogens is 2. The summed E-state index contributed by atoms with van der Waals surface area (Å²) in [6.45, 7) is 8.58. The highest BCUT2D eigenvalue weighted by Gasteiger charge is 2.15. The SMILES string of the molecule is CCN(CC)CC(O)c1cnc(-c2ccccc2)nc1C. The van der Waals surface area contributed by atoms with Crippen molar-refractivity contribution in [1.29, 1.82) is 0 Å². The number of rotatable bonds is 6. The summed E-state index contributed by atoms with van der Waals surface area (Å²) in [7, 11) is 0. The van der Waals surface area contributed by atoms with Gasteiger partial charge in [-0.25, -0.2) is 9.97 Å². The maximum Gasteiger partial charge on any atom is 0.159 e. The number of aryl methyl sites for hydroxylation is 1. The fourth-order valence-electron chi connectivity index (χ4n) is 2.35. The highest BCUT2D eigenvalue weighted by Crippen LogP contribution is 2.20. The number of benzene rings is 1. The molecule has 0 spiro atoms. The lowest BCUT2D eigenvalue weighted by molar-refractivity contribution is 0.118. The van der Waals surface area contributed by atoms with Crippen LogP contribution in [0.5, 0.6) is 0 Å². The van der Waals surface area contributed by atoms with Crippen LogP contribution in [0.3, 0.4) is 0 Å². The summed E-state index contributed by atoms with van der Waals surface area (Å²) in [5.41, 5.74) is 2.63. The molecule has 1 atom stereocenters. The monoisotopic (exact) mass is 285 g/mol. The second-order valence-corrected chi connectivity index (χ2v) is 5.10. The fraction of sp³-hybridized carbons (Fsp3) is 0.412. The lowest BCUT2D eigenvalue weighted by Gasteiger charge is -2.22. The summed E-state index contributed by atoms with van der Waals surface area (Å²) in [4.78, 5) is 11.1. The van der Waals surface area contributed by atoms with E-state index in [1.54, 1.807) is 6.20 Å². The van der Waals surface area contributed by atoms with Crippen LogP contribution < -0.4 is 0 Å². The average molecular weight is 285 g/mol. The normalized spacial score (nSPS) is 12.6. The van der Waals surface area contributed by atoms with Crippen molar-refractivity contribution in [2.24, 2.45) is 0 Å². The van der Waals surface area contributed by atoms with Crippen molar-refractivity contribution < 1.29 is 5.11 Å². The standard InChI is InChI=1S/C17H23N3O/c1-4-20(5-2)12-16(21)15-11-18-17(19-13(15)3)14-9-7-6-8-10-14/h6-11,16,21H,4-5,12H2,1-3H3. The number of hydrogen-bond acceptors (Lipinski definition) is 4. The molecule has 1 unspecified atom stereocenters. The van der Waals surface area contributed by atoms with Crippen LogP contribution in [0.25, 0.3) is 11.4 Å². The smallest absolute Gasteiger partial charge is 0.159 e. The van der Waals surface area contributed by atoms with Gasteiger partial charge in [0.25, 0.3) is 0 Å². The van der Waals surface area contributed by atoms with Gasteiger partial charge in [0.15, 0.2) is 5.82 Å². The molecule has 0 saturated heterocycles. The lowest BCUT2D eigenvalue weighted by atomic mass is 10.1. The fourth-order valence-corrected chi connectivity index (χ4v) is 2.35. The molecule has 21 heavy (non-hydrogen) atoms. The molecular formula is C17H23N3O. The number of likely N-dealkylation sites (N-methyl/N-ethyl adjacent to an activating group) is 1. The molecule has 4 nitrogen and oxygen atoms in total. The zero-order chi connectivity index (χ0) is 15.2. The Morgan fingerprint density at radius 2 is 1.81 bits per heavy atom. The van der Waals surface area contributed by atoms with Crippen molar-refractivity contribution in [3.8, 4) is 11.4 Å². The molecule has 0 aliphatic carbocycles. The Morgan fingerprint density at radius 3 is 2.38 bits per heavy atom. The van der Waals surface area contributed by atoms with Gasteiger partial charge in [-0.1, -0.05) is 44.2 Å². The minimum absolute atomic E-state index is 0.547.